The minimum atomic E-state index is 0.333. The smallest absolute Gasteiger partial charge is 0.0434 e. The topological polar surface area (TPSA) is 32.3 Å². The average molecular weight is 171 g/mol. The normalized spacial score (nSPS) is 28.0. The molecule has 0 amide bonds. The fourth-order valence-corrected chi connectivity index (χ4v) is 1.95. The molecule has 2 unspecified atom stereocenters. The standard InChI is InChI=1S/C10H21NO/c1-9(6-8-12)10-5-3-2-4-7-11-10/h9-12H,2-8H2,1H3. The molecule has 2 heteroatoms. The minimum absolute atomic E-state index is 0.333. The summed E-state index contributed by atoms with van der Waals surface area (Å²) in [5.74, 6) is 0.632. The number of rotatable bonds is 3. The van der Waals surface area contributed by atoms with Gasteiger partial charge in [0.2, 0.25) is 0 Å². The molecule has 0 radical (unpaired) electrons. The molecule has 1 saturated heterocycles. The van der Waals surface area contributed by atoms with Gasteiger partial charge in [-0.1, -0.05) is 19.8 Å². The Morgan fingerprint density at radius 2 is 2.25 bits per heavy atom. The van der Waals surface area contributed by atoms with Crippen molar-refractivity contribution in [2.75, 3.05) is 13.2 Å². The Kier molecular flexibility index (Phi) is 4.62. The van der Waals surface area contributed by atoms with Crippen LogP contribution in [0.15, 0.2) is 0 Å². The van der Waals surface area contributed by atoms with E-state index >= 15 is 0 Å². The molecule has 1 aliphatic rings. The van der Waals surface area contributed by atoms with Crippen molar-refractivity contribution in [3.05, 3.63) is 0 Å². The SMILES string of the molecule is CC(CCO)C1CCCCCN1. The van der Waals surface area contributed by atoms with Crippen LogP contribution in [0.1, 0.15) is 39.0 Å². The zero-order chi connectivity index (χ0) is 8.81. The molecule has 0 spiro atoms. The van der Waals surface area contributed by atoms with Gasteiger partial charge in [0.15, 0.2) is 0 Å². The highest BCUT2D eigenvalue weighted by Crippen LogP contribution is 2.17. The van der Waals surface area contributed by atoms with Crippen molar-refractivity contribution in [3.8, 4) is 0 Å². The second-order valence-electron chi connectivity index (χ2n) is 3.90. The Morgan fingerprint density at radius 1 is 1.42 bits per heavy atom. The minimum Gasteiger partial charge on any atom is -0.396 e. The van der Waals surface area contributed by atoms with E-state index in [9.17, 15) is 0 Å². The van der Waals surface area contributed by atoms with Crippen LogP contribution in [0.2, 0.25) is 0 Å². The molecule has 0 aromatic rings. The van der Waals surface area contributed by atoms with Gasteiger partial charge in [0.25, 0.3) is 0 Å². The molecule has 0 saturated carbocycles. The largest absolute Gasteiger partial charge is 0.396 e. The number of hydrogen-bond donors (Lipinski definition) is 2. The average Bonchev–Trinajstić information content (AvgIpc) is 2.32. The fraction of sp³-hybridized carbons (Fsp3) is 1.00. The van der Waals surface area contributed by atoms with E-state index < -0.39 is 0 Å². The number of hydrogen-bond acceptors (Lipinski definition) is 2. The van der Waals surface area contributed by atoms with Crippen molar-refractivity contribution >= 4 is 0 Å². The third-order valence-corrected chi connectivity index (χ3v) is 2.87. The zero-order valence-electron chi connectivity index (χ0n) is 8.05. The molecule has 72 valence electrons. The van der Waals surface area contributed by atoms with E-state index in [0.717, 1.165) is 6.42 Å². The fourth-order valence-electron chi connectivity index (χ4n) is 1.95. The van der Waals surface area contributed by atoms with Gasteiger partial charge >= 0.3 is 0 Å². The van der Waals surface area contributed by atoms with E-state index in [1.54, 1.807) is 0 Å². The first-order chi connectivity index (χ1) is 5.84. The Balaban J connectivity index is 2.27. The molecule has 1 rings (SSSR count). The first-order valence-electron chi connectivity index (χ1n) is 5.19. The summed E-state index contributed by atoms with van der Waals surface area (Å²) in [5, 5.41) is 12.4. The van der Waals surface area contributed by atoms with Gasteiger partial charge in [-0.2, -0.15) is 0 Å². The number of aliphatic hydroxyl groups excluding tert-OH is 1. The lowest BCUT2D eigenvalue weighted by atomic mass is 9.95. The van der Waals surface area contributed by atoms with E-state index in [0.29, 0.717) is 18.6 Å². The molecule has 1 aliphatic heterocycles. The zero-order valence-corrected chi connectivity index (χ0v) is 8.05. The van der Waals surface area contributed by atoms with Gasteiger partial charge in [0, 0.05) is 12.6 Å². The van der Waals surface area contributed by atoms with Crippen LogP contribution in [0.3, 0.4) is 0 Å². The molecule has 1 fully saturated rings. The predicted molar refractivity (Wildman–Crippen MR) is 51.1 cm³/mol. The number of nitrogens with one attached hydrogen (secondary N) is 1. The molecule has 2 nitrogen and oxygen atoms in total. The van der Waals surface area contributed by atoms with Crippen LogP contribution in [0.25, 0.3) is 0 Å². The lowest BCUT2D eigenvalue weighted by molar-refractivity contribution is 0.236. The molecule has 1 heterocycles. The summed E-state index contributed by atoms with van der Waals surface area (Å²) in [4.78, 5) is 0. The highest BCUT2D eigenvalue weighted by Gasteiger charge is 2.17. The summed E-state index contributed by atoms with van der Waals surface area (Å²) in [7, 11) is 0. The molecule has 0 aromatic heterocycles. The molecular formula is C10H21NO. The summed E-state index contributed by atoms with van der Waals surface area (Å²) in [5.41, 5.74) is 0. The maximum atomic E-state index is 8.81. The maximum Gasteiger partial charge on any atom is 0.0434 e. The summed E-state index contributed by atoms with van der Waals surface area (Å²) in [6, 6.07) is 0.652. The Morgan fingerprint density at radius 3 is 3.00 bits per heavy atom. The second kappa shape index (κ2) is 5.55. The lowest BCUT2D eigenvalue weighted by Gasteiger charge is -2.22. The molecule has 0 bridgehead atoms. The van der Waals surface area contributed by atoms with E-state index in [4.69, 9.17) is 5.11 Å². The molecule has 12 heavy (non-hydrogen) atoms. The van der Waals surface area contributed by atoms with Gasteiger partial charge in [0.05, 0.1) is 0 Å². The van der Waals surface area contributed by atoms with Crippen LogP contribution in [0.5, 0.6) is 0 Å². The van der Waals surface area contributed by atoms with Crippen molar-refractivity contribution in [2.45, 2.75) is 45.1 Å². The quantitative estimate of drug-likeness (QED) is 0.675. The number of aliphatic hydroxyl groups is 1. The van der Waals surface area contributed by atoms with Crippen molar-refractivity contribution in [3.63, 3.8) is 0 Å². The van der Waals surface area contributed by atoms with Gasteiger partial charge in [-0.25, -0.2) is 0 Å². The Hall–Kier alpha value is -0.0800. The summed E-state index contributed by atoms with van der Waals surface area (Å²) in [6.07, 6.45) is 6.28. The van der Waals surface area contributed by atoms with Gasteiger partial charge in [-0.15, -0.1) is 0 Å². The van der Waals surface area contributed by atoms with Crippen molar-refractivity contribution in [2.24, 2.45) is 5.92 Å². The van der Waals surface area contributed by atoms with E-state index in [1.807, 2.05) is 0 Å². The maximum absolute atomic E-state index is 8.81. The van der Waals surface area contributed by atoms with E-state index in [1.165, 1.54) is 32.2 Å². The lowest BCUT2D eigenvalue weighted by Crippen LogP contribution is -2.34. The van der Waals surface area contributed by atoms with Gasteiger partial charge < -0.3 is 10.4 Å². The molecule has 2 atom stereocenters. The third kappa shape index (κ3) is 3.11. The molecule has 2 N–H and O–H groups in total. The molecule has 0 aliphatic carbocycles. The van der Waals surface area contributed by atoms with Crippen LogP contribution in [-0.4, -0.2) is 24.3 Å². The Bertz CT molecular complexity index is 108. The van der Waals surface area contributed by atoms with Crippen LogP contribution < -0.4 is 5.32 Å². The van der Waals surface area contributed by atoms with Crippen LogP contribution in [0.4, 0.5) is 0 Å². The Labute approximate surface area is 75.4 Å². The van der Waals surface area contributed by atoms with Crippen molar-refractivity contribution < 1.29 is 5.11 Å². The van der Waals surface area contributed by atoms with Crippen LogP contribution in [0, 0.1) is 5.92 Å². The van der Waals surface area contributed by atoms with Gasteiger partial charge in [-0.05, 0) is 31.7 Å². The summed E-state index contributed by atoms with van der Waals surface area (Å²) >= 11 is 0. The highest BCUT2D eigenvalue weighted by atomic mass is 16.3. The first-order valence-corrected chi connectivity index (χ1v) is 5.19. The van der Waals surface area contributed by atoms with E-state index in [2.05, 4.69) is 12.2 Å². The monoisotopic (exact) mass is 171 g/mol. The van der Waals surface area contributed by atoms with Crippen molar-refractivity contribution in [1.82, 2.24) is 5.32 Å². The predicted octanol–water partition coefficient (Wildman–Crippen LogP) is 1.54. The summed E-state index contributed by atoms with van der Waals surface area (Å²) < 4.78 is 0. The van der Waals surface area contributed by atoms with E-state index in [-0.39, 0.29) is 0 Å². The van der Waals surface area contributed by atoms with Crippen LogP contribution in [-0.2, 0) is 0 Å². The van der Waals surface area contributed by atoms with Gasteiger partial charge in [0.1, 0.15) is 0 Å². The van der Waals surface area contributed by atoms with Crippen LogP contribution >= 0.6 is 0 Å². The second-order valence-corrected chi connectivity index (χ2v) is 3.90. The van der Waals surface area contributed by atoms with Crippen molar-refractivity contribution in [1.29, 1.82) is 0 Å². The summed E-state index contributed by atoms with van der Waals surface area (Å²) in [6.45, 7) is 3.74. The highest BCUT2D eigenvalue weighted by molar-refractivity contribution is 4.75. The third-order valence-electron chi connectivity index (χ3n) is 2.87. The molecular weight excluding hydrogens is 150 g/mol. The van der Waals surface area contributed by atoms with Gasteiger partial charge in [-0.3, -0.25) is 0 Å². The molecule has 0 aromatic carbocycles. The first kappa shape index (κ1) is 10.0.